The first-order valence-electron chi connectivity index (χ1n) is 9.58. The first kappa shape index (κ1) is 23.0. The SMILES string of the molecule is CCC1CCCCN1CCNC(=NC)NCCc1ccc(OC)cc1.I. The second-order valence-corrected chi connectivity index (χ2v) is 6.62. The molecule has 1 heterocycles. The van der Waals surface area contributed by atoms with Gasteiger partial charge in [-0.15, -0.1) is 24.0 Å². The maximum atomic E-state index is 5.19. The van der Waals surface area contributed by atoms with Crippen molar-refractivity contribution in [3.8, 4) is 5.75 Å². The van der Waals surface area contributed by atoms with E-state index in [1.54, 1.807) is 7.11 Å². The number of benzene rings is 1. The summed E-state index contributed by atoms with van der Waals surface area (Å²) in [4.78, 5) is 6.95. The summed E-state index contributed by atoms with van der Waals surface area (Å²) in [5.41, 5.74) is 1.29. The Hall–Kier alpha value is -1.02. The molecule has 0 saturated carbocycles. The minimum Gasteiger partial charge on any atom is -0.497 e. The van der Waals surface area contributed by atoms with Gasteiger partial charge in [0, 0.05) is 32.7 Å². The predicted molar refractivity (Wildman–Crippen MR) is 121 cm³/mol. The molecule has 1 fully saturated rings. The van der Waals surface area contributed by atoms with Gasteiger partial charge in [0.2, 0.25) is 0 Å². The average molecular weight is 474 g/mol. The van der Waals surface area contributed by atoms with E-state index in [4.69, 9.17) is 4.74 Å². The van der Waals surface area contributed by atoms with E-state index in [2.05, 4.69) is 39.6 Å². The van der Waals surface area contributed by atoms with Gasteiger partial charge in [0.1, 0.15) is 5.75 Å². The number of hydrogen-bond donors (Lipinski definition) is 2. The van der Waals surface area contributed by atoms with Crippen LogP contribution >= 0.6 is 24.0 Å². The molecule has 1 aromatic rings. The standard InChI is InChI=1S/C20H34N4O.HI/c1-4-18-7-5-6-15-24(18)16-14-23-20(21-2)22-13-12-17-8-10-19(25-3)11-9-17;/h8-11,18H,4-7,12-16H2,1-3H3,(H2,21,22,23);1H. The summed E-state index contributed by atoms with van der Waals surface area (Å²) in [5.74, 6) is 1.79. The first-order valence-corrected chi connectivity index (χ1v) is 9.58. The number of methoxy groups -OCH3 is 1. The number of ether oxygens (including phenoxy) is 1. The fraction of sp³-hybridized carbons (Fsp3) is 0.650. The molecule has 1 aliphatic rings. The van der Waals surface area contributed by atoms with E-state index in [9.17, 15) is 0 Å². The summed E-state index contributed by atoms with van der Waals surface area (Å²) in [6.45, 7) is 6.45. The third-order valence-corrected chi connectivity index (χ3v) is 5.00. The molecule has 2 N–H and O–H groups in total. The van der Waals surface area contributed by atoms with Crippen LogP contribution < -0.4 is 15.4 Å². The molecular formula is C20H35IN4O. The highest BCUT2D eigenvalue weighted by molar-refractivity contribution is 14.0. The molecule has 0 amide bonds. The number of nitrogens with one attached hydrogen (secondary N) is 2. The van der Waals surface area contributed by atoms with Crippen molar-refractivity contribution in [2.75, 3.05) is 40.3 Å². The number of nitrogens with zero attached hydrogens (tertiary/aromatic N) is 2. The normalized spacial score (nSPS) is 18.1. The summed E-state index contributed by atoms with van der Waals surface area (Å²) < 4.78 is 5.19. The van der Waals surface area contributed by atoms with Crippen LogP contribution in [0.1, 0.15) is 38.2 Å². The Morgan fingerprint density at radius 1 is 1.19 bits per heavy atom. The zero-order valence-corrected chi connectivity index (χ0v) is 18.8. The molecule has 5 nitrogen and oxygen atoms in total. The molecule has 0 radical (unpaired) electrons. The van der Waals surface area contributed by atoms with E-state index in [0.717, 1.165) is 43.8 Å². The van der Waals surface area contributed by atoms with E-state index in [1.807, 2.05) is 19.2 Å². The number of rotatable bonds is 8. The van der Waals surface area contributed by atoms with Gasteiger partial charge >= 0.3 is 0 Å². The lowest BCUT2D eigenvalue weighted by atomic mass is 10.0. The number of guanidine groups is 1. The fourth-order valence-corrected chi connectivity index (χ4v) is 3.47. The minimum absolute atomic E-state index is 0. The van der Waals surface area contributed by atoms with Crippen molar-refractivity contribution in [1.82, 2.24) is 15.5 Å². The van der Waals surface area contributed by atoms with Gasteiger partial charge in [-0.25, -0.2) is 0 Å². The molecule has 0 aromatic heterocycles. The second kappa shape index (κ2) is 13.2. The van der Waals surface area contributed by atoms with E-state index in [-0.39, 0.29) is 24.0 Å². The smallest absolute Gasteiger partial charge is 0.191 e. The van der Waals surface area contributed by atoms with Crippen molar-refractivity contribution in [3.05, 3.63) is 29.8 Å². The zero-order chi connectivity index (χ0) is 17.9. The Kier molecular flexibility index (Phi) is 11.7. The van der Waals surface area contributed by atoms with Crippen LogP contribution in [0.3, 0.4) is 0 Å². The molecule has 0 spiro atoms. The molecule has 0 bridgehead atoms. The topological polar surface area (TPSA) is 48.9 Å². The van der Waals surface area contributed by atoms with E-state index in [0.29, 0.717) is 0 Å². The van der Waals surface area contributed by atoms with Crippen molar-refractivity contribution < 1.29 is 4.74 Å². The van der Waals surface area contributed by atoms with E-state index < -0.39 is 0 Å². The van der Waals surface area contributed by atoms with Gasteiger partial charge in [0.15, 0.2) is 5.96 Å². The van der Waals surface area contributed by atoms with Crippen LogP contribution in [0.15, 0.2) is 29.3 Å². The van der Waals surface area contributed by atoms with Crippen LogP contribution in [0, 0.1) is 0 Å². The lowest BCUT2D eigenvalue weighted by Gasteiger charge is -2.35. The predicted octanol–water partition coefficient (Wildman–Crippen LogP) is 3.29. The third kappa shape index (κ3) is 7.70. The highest BCUT2D eigenvalue weighted by Gasteiger charge is 2.19. The highest BCUT2D eigenvalue weighted by Crippen LogP contribution is 2.18. The molecule has 1 aliphatic heterocycles. The molecule has 26 heavy (non-hydrogen) atoms. The molecule has 2 rings (SSSR count). The van der Waals surface area contributed by atoms with Crippen LogP contribution in [-0.2, 0) is 6.42 Å². The van der Waals surface area contributed by atoms with Gasteiger partial charge in [-0.05, 0) is 49.9 Å². The summed E-state index contributed by atoms with van der Waals surface area (Å²) in [6, 6.07) is 8.99. The van der Waals surface area contributed by atoms with Crippen molar-refractivity contribution in [1.29, 1.82) is 0 Å². The molecule has 1 aromatic carbocycles. The Morgan fingerprint density at radius 2 is 1.92 bits per heavy atom. The first-order chi connectivity index (χ1) is 12.3. The van der Waals surface area contributed by atoms with Crippen molar-refractivity contribution in [2.24, 2.45) is 4.99 Å². The summed E-state index contributed by atoms with van der Waals surface area (Å²) in [5, 5.41) is 6.84. The number of likely N-dealkylation sites (tertiary alicyclic amines) is 1. The van der Waals surface area contributed by atoms with Crippen molar-refractivity contribution in [3.63, 3.8) is 0 Å². The molecule has 6 heteroatoms. The Labute approximate surface area is 176 Å². The van der Waals surface area contributed by atoms with Crippen molar-refractivity contribution in [2.45, 2.75) is 45.1 Å². The number of aliphatic imine (C=N–C) groups is 1. The lowest BCUT2D eigenvalue weighted by Crippen LogP contribution is -2.46. The summed E-state index contributed by atoms with van der Waals surface area (Å²) >= 11 is 0. The van der Waals surface area contributed by atoms with E-state index in [1.165, 1.54) is 37.8 Å². The highest BCUT2D eigenvalue weighted by atomic mass is 127. The second-order valence-electron chi connectivity index (χ2n) is 6.62. The quantitative estimate of drug-likeness (QED) is 0.345. The van der Waals surface area contributed by atoms with Gasteiger partial charge in [-0.2, -0.15) is 0 Å². The Bertz CT molecular complexity index is 521. The van der Waals surface area contributed by atoms with Gasteiger partial charge in [0.05, 0.1) is 7.11 Å². The van der Waals surface area contributed by atoms with Crippen LogP contribution in [-0.4, -0.2) is 57.2 Å². The monoisotopic (exact) mass is 474 g/mol. The molecule has 1 unspecified atom stereocenters. The molecule has 148 valence electrons. The Morgan fingerprint density at radius 3 is 2.58 bits per heavy atom. The fourth-order valence-electron chi connectivity index (χ4n) is 3.47. The molecule has 1 atom stereocenters. The molecule has 0 aliphatic carbocycles. The number of piperidine rings is 1. The zero-order valence-electron chi connectivity index (χ0n) is 16.5. The third-order valence-electron chi connectivity index (χ3n) is 5.00. The van der Waals surface area contributed by atoms with Crippen LogP contribution in [0.4, 0.5) is 0 Å². The minimum atomic E-state index is 0. The van der Waals surface area contributed by atoms with E-state index >= 15 is 0 Å². The number of hydrogen-bond acceptors (Lipinski definition) is 3. The molecule has 1 saturated heterocycles. The molecular weight excluding hydrogens is 439 g/mol. The summed E-state index contributed by atoms with van der Waals surface area (Å²) in [6.07, 6.45) is 6.30. The van der Waals surface area contributed by atoms with Crippen LogP contribution in [0.25, 0.3) is 0 Å². The van der Waals surface area contributed by atoms with Gasteiger partial charge < -0.3 is 15.4 Å². The maximum absolute atomic E-state index is 5.19. The van der Waals surface area contributed by atoms with Crippen molar-refractivity contribution >= 4 is 29.9 Å². The number of halogens is 1. The summed E-state index contributed by atoms with van der Waals surface area (Å²) in [7, 11) is 3.53. The van der Waals surface area contributed by atoms with Gasteiger partial charge in [-0.1, -0.05) is 25.5 Å². The van der Waals surface area contributed by atoms with Gasteiger partial charge in [0.25, 0.3) is 0 Å². The van der Waals surface area contributed by atoms with Crippen LogP contribution in [0.2, 0.25) is 0 Å². The van der Waals surface area contributed by atoms with Crippen LogP contribution in [0.5, 0.6) is 5.75 Å². The Balaban J connectivity index is 0.00000338. The lowest BCUT2D eigenvalue weighted by molar-refractivity contribution is 0.147. The maximum Gasteiger partial charge on any atom is 0.191 e. The van der Waals surface area contributed by atoms with Gasteiger partial charge in [-0.3, -0.25) is 9.89 Å². The largest absolute Gasteiger partial charge is 0.497 e. The average Bonchev–Trinajstić information content (AvgIpc) is 2.67.